The quantitative estimate of drug-likeness (QED) is 0.453. The van der Waals surface area contributed by atoms with E-state index in [9.17, 15) is 9.90 Å². The van der Waals surface area contributed by atoms with Crippen LogP contribution in [0.15, 0.2) is 47.6 Å². The van der Waals surface area contributed by atoms with Crippen LogP contribution >= 0.6 is 0 Å². The maximum absolute atomic E-state index is 11.8. The number of rotatable bonds is 4. The van der Waals surface area contributed by atoms with Crippen LogP contribution < -0.4 is 15.9 Å². The Hall–Kier alpha value is -3.02. The topological polar surface area (TPSA) is 96.9 Å². The van der Waals surface area contributed by atoms with Gasteiger partial charge in [-0.2, -0.15) is 5.10 Å². The lowest BCUT2D eigenvalue weighted by Crippen LogP contribution is -2.17. The van der Waals surface area contributed by atoms with Gasteiger partial charge in [-0.1, -0.05) is 12.1 Å². The van der Waals surface area contributed by atoms with Crippen LogP contribution in [0, 0.1) is 0 Å². The van der Waals surface area contributed by atoms with Gasteiger partial charge in [0, 0.05) is 16.8 Å². The molecule has 0 heterocycles. The number of nitrogens with zero attached hydrogens (tertiary/aromatic N) is 1. The highest BCUT2D eigenvalue weighted by Crippen LogP contribution is 2.27. The molecule has 0 aromatic heterocycles. The summed E-state index contributed by atoms with van der Waals surface area (Å²) in [6.07, 6.45) is 1.34. The summed E-state index contributed by atoms with van der Waals surface area (Å²) in [6.45, 7) is 0. The molecule has 0 aliphatic heterocycles. The Morgan fingerprint density at radius 2 is 2.10 bits per heavy atom. The van der Waals surface area contributed by atoms with E-state index in [0.29, 0.717) is 22.6 Å². The fourth-order valence-electron chi connectivity index (χ4n) is 1.71. The molecule has 1 amide bonds. The molecule has 2 aromatic carbocycles. The van der Waals surface area contributed by atoms with Crippen LogP contribution in [-0.2, 0) is 0 Å². The third-order valence-electron chi connectivity index (χ3n) is 2.77. The standard InChI is InChI=1S/C15H15N3O3/c1-21-13-7-3-5-11(14(13)19)9-17-18-15(20)10-4-2-6-12(16)8-10/h2-9,19H,16H2,1H3,(H,18,20)/b17-9+. The summed E-state index contributed by atoms with van der Waals surface area (Å²) in [7, 11) is 1.46. The first-order valence-corrected chi connectivity index (χ1v) is 6.16. The largest absolute Gasteiger partial charge is 0.504 e. The average molecular weight is 285 g/mol. The number of carbonyl (C=O) groups excluding carboxylic acids is 1. The highest BCUT2D eigenvalue weighted by atomic mass is 16.5. The predicted octanol–water partition coefficient (Wildman–Crippen LogP) is 1.75. The van der Waals surface area contributed by atoms with Gasteiger partial charge in [0.2, 0.25) is 0 Å². The van der Waals surface area contributed by atoms with E-state index in [1.165, 1.54) is 13.3 Å². The van der Waals surface area contributed by atoms with Crippen LogP contribution in [-0.4, -0.2) is 24.3 Å². The Labute approximate surface area is 121 Å². The molecule has 0 unspecified atom stereocenters. The van der Waals surface area contributed by atoms with E-state index in [-0.39, 0.29) is 11.7 Å². The number of anilines is 1. The molecule has 0 radical (unpaired) electrons. The van der Waals surface area contributed by atoms with Crippen molar-refractivity contribution in [3.05, 3.63) is 53.6 Å². The number of carbonyl (C=O) groups is 1. The maximum atomic E-state index is 11.8. The molecule has 4 N–H and O–H groups in total. The SMILES string of the molecule is COc1cccc(/C=N/NC(=O)c2cccc(N)c2)c1O. The Morgan fingerprint density at radius 3 is 2.81 bits per heavy atom. The van der Waals surface area contributed by atoms with Gasteiger partial charge in [0.1, 0.15) is 0 Å². The van der Waals surface area contributed by atoms with Gasteiger partial charge < -0.3 is 15.6 Å². The van der Waals surface area contributed by atoms with Crippen molar-refractivity contribution in [2.75, 3.05) is 12.8 Å². The van der Waals surface area contributed by atoms with Gasteiger partial charge in [-0.25, -0.2) is 5.43 Å². The summed E-state index contributed by atoms with van der Waals surface area (Å²) in [5.74, 6) is -0.0935. The first kappa shape index (κ1) is 14.4. The number of para-hydroxylation sites is 1. The van der Waals surface area contributed by atoms with E-state index >= 15 is 0 Å². The molecule has 21 heavy (non-hydrogen) atoms. The second-order valence-electron chi connectivity index (χ2n) is 4.22. The van der Waals surface area contributed by atoms with Gasteiger partial charge in [0.25, 0.3) is 5.91 Å². The number of hydrogen-bond acceptors (Lipinski definition) is 5. The Balaban J connectivity index is 2.07. The number of benzene rings is 2. The third-order valence-corrected chi connectivity index (χ3v) is 2.77. The normalized spacial score (nSPS) is 10.5. The molecule has 0 atom stereocenters. The van der Waals surface area contributed by atoms with E-state index in [2.05, 4.69) is 10.5 Å². The minimum Gasteiger partial charge on any atom is -0.504 e. The minimum absolute atomic E-state index is 0.0399. The number of hydrazone groups is 1. The molecule has 6 nitrogen and oxygen atoms in total. The number of aromatic hydroxyl groups is 1. The number of hydrogen-bond donors (Lipinski definition) is 3. The lowest BCUT2D eigenvalue weighted by Gasteiger charge is -2.05. The molecule has 108 valence electrons. The predicted molar refractivity (Wildman–Crippen MR) is 80.6 cm³/mol. The molecule has 0 aliphatic carbocycles. The molecule has 0 bridgehead atoms. The van der Waals surface area contributed by atoms with Crippen LogP contribution in [0.3, 0.4) is 0 Å². The third kappa shape index (κ3) is 3.50. The van der Waals surface area contributed by atoms with Crippen molar-refractivity contribution < 1.29 is 14.6 Å². The average Bonchev–Trinajstić information content (AvgIpc) is 2.49. The number of amides is 1. The van der Waals surface area contributed by atoms with Crippen LogP contribution in [0.4, 0.5) is 5.69 Å². The summed E-state index contributed by atoms with van der Waals surface area (Å²) >= 11 is 0. The lowest BCUT2D eigenvalue weighted by molar-refractivity contribution is 0.0955. The van der Waals surface area contributed by atoms with Crippen LogP contribution in [0.1, 0.15) is 15.9 Å². The van der Waals surface area contributed by atoms with Crippen LogP contribution in [0.2, 0.25) is 0 Å². The summed E-state index contributed by atoms with van der Waals surface area (Å²) in [5, 5.41) is 13.7. The van der Waals surface area contributed by atoms with Crippen LogP contribution in [0.25, 0.3) is 0 Å². The van der Waals surface area contributed by atoms with Crippen molar-refractivity contribution >= 4 is 17.8 Å². The summed E-state index contributed by atoms with van der Waals surface area (Å²) in [6, 6.07) is 11.5. The Kier molecular flexibility index (Phi) is 4.40. The van der Waals surface area contributed by atoms with E-state index in [0.717, 1.165) is 0 Å². The Bertz CT molecular complexity index is 684. The smallest absolute Gasteiger partial charge is 0.271 e. The molecule has 0 saturated heterocycles. The molecule has 2 rings (SSSR count). The maximum Gasteiger partial charge on any atom is 0.271 e. The second-order valence-corrected chi connectivity index (χ2v) is 4.22. The monoisotopic (exact) mass is 285 g/mol. The van der Waals surface area contributed by atoms with Crippen molar-refractivity contribution in [1.82, 2.24) is 5.43 Å². The molecule has 0 aliphatic rings. The molecule has 0 fully saturated rings. The number of phenols is 1. The lowest BCUT2D eigenvalue weighted by atomic mass is 10.2. The van der Waals surface area contributed by atoms with E-state index in [1.807, 2.05) is 0 Å². The van der Waals surface area contributed by atoms with E-state index in [4.69, 9.17) is 10.5 Å². The summed E-state index contributed by atoms with van der Waals surface area (Å²) in [4.78, 5) is 11.8. The van der Waals surface area contributed by atoms with Gasteiger partial charge in [-0.05, 0) is 30.3 Å². The zero-order valence-corrected chi connectivity index (χ0v) is 11.4. The van der Waals surface area contributed by atoms with Crippen molar-refractivity contribution in [1.29, 1.82) is 0 Å². The molecule has 0 saturated carbocycles. The number of nitrogens with two attached hydrogens (primary N) is 1. The first-order chi connectivity index (χ1) is 10.1. The highest BCUT2D eigenvalue weighted by Gasteiger charge is 2.06. The minimum atomic E-state index is -0.388. The zero-order valence-electron chi connectivity index (χ0n) is 11.4. The number of phenolic OH excluding ortho intramolecular Hbond substituents is 1. The molecule has 0 spiro atoms. The van der Waals surface area contributed by atoms with Crippen molar-refractivity contribution in [3.63, 3.8) is 0 Å². The fraction of sp³-hybridized carbons (Fsp3) is 0.0667. The second kappa shape index (κ2) is 6.42. The van der Waals surface area contributed by atoms with Gasteiger partial charge in [-0.15, -0.1) is 0 Å². The summed E-state index contributed by atoms with van der Waals surface area (Å²) < 4.78 is 4.98. The zero-order chi connectivity index (χ0) is 15.2. The number of ether oxygens (including phenoxy) is 1. The summed E-state index contributed by atoms with van der Waals surface area (Å²) in [5.41, 5.74) is 9.30. The molecular formula is C15H15N3O3. The molecule has 6 heteroatoms. The number of nitrogen functional groups attached to an aromatic ring is 1. The fourth-order valence-corrected chi connectivity index (χ4v) is 1.71. The van der Waals surface area contributed by atoms with Gasteiger partial charge in [0.15, 0.2) is 11.5 Å². The Morgan fingerprint density at radius 1 is 1.33 bits per heavy atom. The van der Waals surface area contributed by atoms with Crippen molar-refractivity contribution in [2.45, 2.75) is 0 Å². The molecular weight excluding hydrogens is 270 g/mol. The van der Waals surface area contributed by atoms with E-state index < -0.39 is 0 Å². The van der Waals surface area contributed by atoms with Gasteiger partial charge in [0.05, 0.1) is 13.3 Å². The highest BCUT2D eigenvalue weighted by molar-refractivity contribution is 5.95. The van der Waals surface area contributed by atoms with Gasteiger partial charge >= 0.3 is 0 Å². The number of nitrogens with one attached hydrogen (secondary N) is 1. The van der Waals surface area contributed by atoms with Gasteiger partial charge in [-0.3, -0.25) is 4.79 Å². The first-order valence-electron chi connectivity index (χ1n) is 6.16. The van der Waals surface area contributed by atoms with Crippen molar-refractivity contribution in [3.8, 4) is 11.5 Å². The number of methoxy groups -OCH3 is 1. The van der Waals surface area contributed by atoms with Crippen molar-refractivity contribution in [2.24, 2.45) is 5.10 Å². The molecule has 2 aromatic rings. The van der Waals surface area contributed by atoms with Crippen LogP contribution in [0.5, 0.6) is 11.5 Å². The van der Waals surface area contributed by atoms with E-state index in [1.54, 1.807) is 42.5 Å².